The number of carboxylic acid groups (broad SMARTS) is 1. The molecule has 0 bridgehead atoms. The van der Waals surface area contributed by atoms with Crippen molar-refractivity contribution in [2.75, 3.05) is 6.54 Å². The van der Waals surface area contributed by atoms with Crippen molar-refractivity contribution in [3.8, 4) is 0 Å². The largest absolute Gasteiger partial charge is 0.478 e. The van der Waals surface area contributed by atoms with Crippen LogP contribution in [0.5, 0.6) is 0 Å². The maximum atomic E-state index is 11.1. The number of aromatic nitrogens is 2. The number of nitrogens with one attached hydrogen (secondary N) is 1. The van der Waals surface area contributed by atoms with Gasteiger partial charge in [-0.2, -0.15) is 5.10 Å². The molecule has 0 atom stereocenters. The number of hydrogen-bond acceptors (Lipinski definition) is 4. The highest BCUT2D eigenvalue weighted by Gasteiger charge is 2.22. The molecule has 6 heteroatoms. The third kappa shape index (κ3) is 3.08. The van der Waals surface area contributed by atoms with Crippen molar-refractivity contribution in [1.82, 2.24) is 15.1 Å². The second-order valence-electron chi connectivity index (χ2n) is 5.40. The van der Waals surface area contributed by atoms with Gasteiger partial charge >= 0.3 is 5.97 Å². The molecule has 2 N–H and O–H groups in total. The van der Waals surface area contributed by atoms with Gasteiger partial charge in [-0.1, -0.05) is 19.9 Å². The summed E-state index contributed by atoms with van der Waals surface area (Å²) >= 11 is 1.74. The smallest absolute Gasteiger partial charge is 0.339 e. The molecular weight excluding hydrogens is 274 g/mol. The summed E-state index contributed by atoms with van der Waals surface area (Å²) in [5, 5.41) is 18.5. The summed E-state index contributed by atoms with van der Waals surface area (Å²) in [7, 11) is 1.76. The van der Waals surface area contributed by atoms with Gasteiger partial charge in [-0.3, -0.25) is 4.68 Å². The minimum atomic E-state index is -0.938. The van der Waals surface area contributed by atoms with Crippen molar-refractivity contribution < 1.29 is 9.90 Å². The normalized spacial score (nSPS) is 11.8. The lowest BCUT2D eigenvalue weighted by atomic mass is 9.91. The fourth-order valence-corrected chi connectivity index (χ4v) is 2.95. The Morgan fingerprint density at radius 1 is 1.55 bits per heavy atom. The zero-order valence-corrected chi connectivity index (χ0v) is 12.7. The van der Waals surface area contributed by atoms with Crippen LogP contribution in [0.25, 0.3) is 0 Å². The van der Waals surface area contributed by atoms with Crippen molar-refractivity contribution in [1.29, 1.82) is 0 Å². The van der Waals surface area contributed by atoms with E-state index in [1.807, 2.05) is 6.07 Å². The SMILES string of the molecule is Cn1ncc(C(=O)O)c1CNCC(C)(C)c1cccs1. The molecule has 0 spiro atoms. The molecule has 20 heavy (non-hydrogen) atoms. The van der Waals surface area contributed by atoms with Crippen LogP contribution in [0.15, 0.2) is 23.7 Å². The lowest BCUT2D eigenvalue weighted by Gasteiger charge is -2.23. The maximum Gasteiger partial charge on any atom is 0.339 e. The Morgan fingerprint density at radius 2 is 2.30 bits per heavy atom. The molecule has 0 aliphatic heterocycles. The van der Waals surface area contributed by atoms with E-state index in [4.69, 9.17) is 5.11 Å². The second-order valence-corrected chi connectivity index (χ2v) is 6.35. The third-order valence-corrected chi connectivity index (χ3v) is 4.58. The van der Waals surface area contributed by atoms with Gasteiger partial charge in [0.25, 0.3) is 0 Å². The van der Waals surface area contributed by atoms with E-state index in [1.54, 1.807) is 23.1 Å². The molecule has 5 nitrogen and oxygen atoms in total. The number of aryl methyl sites for hydroxylation is 1. The zero-order chi connectivity index (χ0) is 14.8. The number of carboxylic acids is 1. The molecule has 0 radical (unpaired) electrons. The number of hydrogen-bond donors (Lipinski definition) is 2. The van der Waals surface area contributed by atoms with Crippen LogP contribution in [0, 0.1) is 0 Å². The molecule has 0 amide bonds. The molecule has 2 heterocycles. The molecule has 2 rings (SSSR count). The third-order valence-electron chi connectivity index (χ3n) is 3.34. The van der Waals surface area contributed by atoms with E-state index in [0.29, 0.717) is 12.2 Å². The van der Waals surface area contributed by atoms with Gasteiger partial charge in [0, 0.05) is 30.4 Å². The van der Waals surface area contributed by atoms with Crippen molar-refractivity contribution in [3.05, 3.63) is 39.8 Å². The van der Waals surface area contributed by atoms with Crippen LogP contribution in [0.4, 0.5) is 0 Å². The molecule has 0 unspecified atom stereocenters. The average Bonchev–Trinajstić information content (AvgIpc) is 2.99. The van der Waals surface area contributed by atoms with Crippen LogP contribution in [-0.4, -0.2) is 27.4 Å². The quantitative estimate of drug-likeness (QED) is 0.857. The summed E-state index contributed by atoms with van der Waals surface area (Å²) in [6.07, 6.45) is 1.39. The van der Waals surface area contributed by atoms with Gasteiger partial charge < -0.3 is 10.4 Å². The molecule has 0 aliphatic rings. The van der Waals surface area contributed by atoms with E-state index in [-0.39, 0.29) is 11.0 Å². The molecule has 0 aromatic carbocycles. The fourth-order valence-electron chi connectivity index (χ4n) is 2.10. The second kappa shape index (κ2) is 5.76. The molecule has 0 saturated heterocycles. The number of thiophene rings is 1. The predicted molar refractivity (Wildman–Crippen MR) is 79.2 cm³/mol. The summed E-state index contributed by atoms with van der Waals surface area (Å²) in [6.45, 7) is 5.62. The summed E-state index contributed by atoms with van der Waals surface area (Å²) in [4.78, 5) is 12.4. The Labute approximate surface area is 122 Å². The first kappa shape index (κ1) is 14.7. The standard InChI is InChI=1S/C14H19N3O2S/c1-14(2,12-5-4-6-20-12)9-15-8-11-10(13(18)19)7-16-17(11)3/h4-7,15H,8-9H2,1-3H3,(H,18,19). The number of aromatic carboxylic acids is 1. The molecule has 0 fully saturated rings. The topological polar surface area (TPSA) is 67.2 Å². The first-order valence-corrected chi connectivity index (χ1v) is 7.28. The van der Waals surface area contributed by atoms with E-state index in [0.717, 1.165) is 6.54 Å². The summed E-state index contributed by atoms with van der Waals surface area (Å²) in [5.41, 5.74) is 0.976. The average molecular weight is 293 g/mol. The molecule has 2 aromatic heterocycles. The van der Waals surface area contributed by atoms with E-state index in [2.05, 4.69) is 35.7 Å². The van der Waals surface area contributed by atoms with Gasteiger partial charge in [0.2, 0.25) is 0 Å². The van der Waals surface area contributed by atoms with E-state index in [1.165, 1.54) is 11.1 Å². The van der Waals surface area contributed by atoms with Gasteiger partial charge in [0.15, 0.2) is 0 Å². The minimum absolute atomic E-state index is 0.0240. The van der Waals surface area contributed by atoms with E-state index < -0.39 is 5.97 Å². The monoisotopic (exact) mass is 293 g/mol. The lowest BCUT2D eigenvalue weighted by molar-refractivity contribution is 0.0695. The highest BCUT2D eigenvalue weighted by molar-refractivity contribution is 7.10. The van der Waals surface area contributed by atoms with Crippen LogP contribution in [0.1, 0.15) is 34.8 Å². The van der Waals surface area contributed by atoms with Crippen molar-refractivity contribution in [3.63, 3.8) is 0 Å². The van der Waals surface area contributed by atoms with Crippen LogP contribution < -0.4 is 5.32 Å². The number of rotatable bonds is 6. The highest BCUT2D eigenvalue weighted by Crippen LogP contribution is 2.26. The number of carbonyl (C=O) groups is 1. The first-order valence-electron chi connectivity index (χ1n) is 6.40. The molecule has 0 aliphatic carbocycles. The Hall–Kier alpha value is -1.66. The van der Waals surface area contributed by atoms with Crippen LogP contribution in [0.2, 0.25) is 0 Å². The van der Waals surface area contributed by atoms with Crippen molar-refractivity contribution in [2.45, 2.75) is 25.8 Å². The minimum Gasteiger partial charge on any atom is -0.478 e. The molecule has 108 valence electrons. The van der Waals surface area contributed by atoms with E-state index in [9.17, 15) is 4.79 Å². The molecule has 2 aromatic rings. The Morgan fingerprint density at radius 3 is 2.90 bits per heavy atom. The maximum absolute atomic E-state index is 11.1. The van der Waals surface area contributed by atoms with Crippen LogP contribution in [-0.2, 0) is 19.0 Å². The lowest BCUT2D eigenvalue weighted by Crippen LogP contribution is -2.32. The molecular formula is C14H19N3O2S. The van der Waals surface area contributed by atoms with Crippen LogP contribution >= 0.6 is 11.3 Å². The van der Waals surface area contributed by atoms with Crippen LogP contribution in [0.3, 0.4) is 0 Å². The van der Waals surface area contributed by atoms with Gasteiger partial charge in [-0.05, 0) is 11.4 Å². The zero-order valence-electron chi connectivity index (χ0n) is 11.9. The van der Waals surface area contributed by atoms with Gasteiger partial charge in [0.1, 0.15) is 5.56 Å². The number of nitrogens with zero attached hydrogens (tertiary/aromatic N) is 2. The fraction of sp³-hybridized carbons (Fsp3) is 0.429. The van der Waals surface area contributed by atoms with E-state index >= 15 is 0 Å². The Bertz CT molecular complexity index is 588. The highest BCUT2D eigenvalue weighted by atomic mass is 32.1. The Balaban J connectivity index is 2.00. The Kier molecular flexibility index (Phi) is 4.25. The summed E-state index contributed by atoms with van der Waals surface area (Å²) in [5.74, 6) is -0.938. The van der Waals surface area contributed by atoms with Crippen molar-refractivity contribution in [2.24, 2.45) is 7.05 Å². The predicted octanol–water partition coefficient (Wildman–Crippen LogP) is 2.25. The summed E-state index contributed by atoms with van der Waals surface area (Å²) in [6, 6.07) is 4.17. The van der Waals surface area contributed by atoms with Gasteiger partial charge in [-0.15, -0.1) is 11.3 Å². The van der Waals surface area contributed by atoms with Gasteiger partial charge in [-0.25, -0.2) is 4.79 Å². The van der Waals surface area contributed by atoms with Crippen molar-refractivity contribution >= 4 is 17.3 Å². The molecule has 0 saturated carbocycles. The first-order chi connectivity index (χ1) is 9.42. The summed E-state index contributed by atoms with van der Waals surface area (Å²) < 4.78 is 1.61. The van der Waals surface area contributed by atoms with Gasteiger partial charge in [0.05, 0.1) is 11.9 Å².